The molecule has 0 bridgehead atoms. The molecule has 0 aromatic carbocycles. The fourth-order valence-corrected chi connectivity index (χ4v) is 3.43. The lowest BCUT2D eigenvalue weighted by molar-refractivity contribution is 0.536. The van der Waals surface area contributed by atoms with Crippen molar-refractivity contribution in [2.24, 2.45) is 0 Å². The SMILES string of the molecule is CC(C)NP(=O)(NC(C)C)C(Cl)Cl. The van der Waals surface area contributed by atoms with Gasteiger partial charge in [0.1, 0.15) is 0 Å². The van der Waals surface area contributed by atoms with Gasteiger partial charge in [0.25, 0.3) is 0 Å². The van der Waals surface area contributed by atoms with Crippen LogP contribution in [0.3, 0.4) is 0 Å². The second kappa shape index (κ2) is 5.57. The Balaban J connectivity index is 4.45. The predicted molar refractivity (Wildman–Crippen MR) is 59.6 cm³/mol. The Kier molecular flexibility index (Phi) is 5.88. The van der Waals surface area contributed by atoms with Gasteiger partial charge in [-0.1, -0.05) is 23.2 Å². The summed E-state index contributed by atoms with van der Waals surface area (Å²) in [6, 6.07) is 0.161. The summed E-state index contributed by atoms with van der Waals surface area (Å²) in [6.07, 6.45) is 0. The van der Waals surface area contributed by atoms with Gasteiger partial charge in [-0.05, 0) is 27.7 Å². The molecule has 0 radical (unpaired) electrons. The normalized spacial score (nSPS) is 13.3. The van der Waals surface area contributed by atoms with Gasteiger partial charge in [0.05, 0.1) is 0 Å². The van der Waals surface area contributed by atoms with Crippen molar-refractivity contribution in [2.45, 2.75) is 44.4 Å². The molecule has 0 fully saturated rings. The maximum Gasteiger partial charge on any atom is 0.243 e. The van der Waals surface area contributed by atoms with Crippen LogP contribution in [0.4, 0.5) is 0 Å². The van der Waals surface area contributed by atoms with Crippen LogP contribution in [0.2, 0.25) is 0 Å². The van der Waals surface area contributed by atoms with Crippen LogP contribution < -0.4 is 10.2 Å². The zero-order chi connectivity index (χ0) is 10.6. The molecule has 6 heteroatoms. The van der Waals surface area contributed by atoms with Crippen molar-refractivity contribution in [2.75, 3.05) is 0 Å². The van der Waals surface area contributed by atoms with Crippen molar-refractivity contribution in [1.82, 2.24) is 10.2 Å². The van der Waals surface area contributed by atoms with Crippen molar-refractivity contribution in [3.63, 3.8) is 0 Å². The molecule has 0 spiro atoms. The number of alkyl halides is 2. The fourth-order valence-electron chi connectivity index (χ4n) is 0.917. The summed E-state index contributed by atoms with van der Waals surface area (Å²) in [5.74, 6) is 0. The molecule has 0 aliphatic carbocycles. The Morgan fingerprint density at radius 1 is 1.00 bits per heavy atom. The molecule has 0 unspecified atom stereocenters. The van der Waals surface area contributed by atoms with E-state index in [2.05, 4.69) is 10.2 Å². The highest BCUT2D eigenvalue weighted by atomic mass is 35.5. The first-order valence-corrected chi connectivity index (χ1v) is 6.86. The predicted octanol–water partition coefficient (Wildman–Crippen LogP) is 2.94. The third kappa shape index (κ3) is 5.24. The number of rotatable bonds is 5. The summed E-state index contributed by atoms with van der Waals surface area (Å²) < 4.78 is 11.1. The van der Waals surface area contributed by atoms with Crippen LogP contribution in [-0.2, 0) is 4.57 Å². The van der Waals surface area contributed by atoms with Crippen molar-refractivity contribution < 1.29 is 4.57 Å². The van der Waals surface area contributed by atoms with Gasteiger partial charge in [-0.25, -0.2) is 0 Å². The largest absolute Gasteiger partial charge is 0.286 e. The first kappa shape index (κ1) is 13.7. The van der Waals surface area contributed by atoms with Crippen LogP contribution in [0.25, 0.3) is 0 Å². The minimum Gasteiger partial charge on any atom is -0.286 e. The van der Waals surface area contributed by atoms with Gasteiger partial charge in [0.15, 0.2) is 4.58 Å². The first-order valence-electron chi connectivity index (χ1n) is 4.21. The van der Waals surface area contributed by atoms with E-state index in [4.69, 9.17) is 23.2 Å². The molecule has 13 heavy (non-hydrogen) atoms. The van der Waals surface area contributed by atoms with Gasteiger partial charge in [0, 0.05) is 12.1 Å². The van der Waals surface area contributed by atoms with Crippen LogP contribution in [0.1, 0.15) is 27.7 Å². The topological polar surface area (TPSA) is 41.1 Å². The van der Waals surface area contributed by atoms with Gasteiger partial charge >= 0.3 is 0 Å². The van der Waals surface area contributed by atoms with E-state index in [1.54, 1.807) is 0 Å². The van der Waals surface area contributed by atoms with E-state index in [9.17, 15) is 4.57 Å². The lowest BCUT2D eigenvalue weighted by atomic mass is 10.4. The average molecular weight is 247 g/mol. The zero-order valence-electron chi connectivity index (χ0n) is 8.34. The fraction of sp³-hybridized carbons (Fsp3) is 1.00. The smallest absolute Gasteiger partial charge is 0.243 e. The second-order valence-corrected chi connectivity index (χ2v) is 7.56. The number of nitrogens with one attached hydrogen (secondary N) is 2. The molecule has 0 aromatic heterocycles. The Hall–Kier alpha value is 0.730. The molecular formula is C7H17Cl2N2OP. The second-order valence-electron chi connectivity index (χ2n) is 3.50. The highest BCUT2D eigenvalue weighted by Crippen LogP contribution is 2.47. The van der Waals surface area contributed by atoms with E-state index >= 15 is 0 Å². The maximum absolute atomic E-state index is 12.0. The molecule has 80 valence electrons. The zero-order valence-corrected chi connectivity index (χ0v) is 10.7. The van der Waals surface area contributed by atoms with Crippen molar-refractivity contribution in [3.05, 3.63) is 0 Å². The molecule has 0 aromatic rings. The quantitative estimate of drug-likeness (QED) is 0.579. The molecule has 0 atom stereocenters. The van der Waals surface area contributed by atoms with Gasteiger partial charge in [0.2, 0.25) is 7.44 Å². The van der Waals surface area contributed by atoms with E-state index < -0.39 is 12.0 Å². The molecule has 0 saturated carbocycles. The third-order valence-corrected chi connectivity index (χ3v) is 5.17. The molecule has 2 N–H and O–H groups in total. The lowest BCUT2D eigenvalue weighted by Crippen LogP contribution is -2.34. The molecule has 3 nitrogen and oxygen atoms in total. The molecule has 0 rings (SSSR count). The lowest BCUT2D eigenvalue weighted by Gasteiger charge is -2.25. The van der Waals surface area contributed by atoms with Crippen molar-refractivity contribution >= 4 is 30.6 Å². The van der Waals surface area contributed by atoms with Gasteiger partial charge < -0.3 is 0 Å². The Morgan fingerprint density at radius 3 is 1.46 bits per heavy atom. The monoisotopic (exact) mass is 246 g/mol. The van der Waals surface area contributed by atoms with Crippen LogP contribution in [-0.4, -0.2) is 16.7 Å². The Labute approximate surface area is 90.0 Å². The minimum absolute atomic E-state index is 0.0806. The summed E-state index contributed by atoms with van der Waals surface area (Å²) in [5, 5.41) is 5.74. The maximum atomic E-state index is 12.0. The van der Waals surface area contributed by atoms with Gasteiger partial charge in [-0.15, -0.1) is 0 Å². The molecule has 0 aliphatic heterocycles. The van der Waals surface area contributed by atoms with E-state index in [1.807, 2.05) is 27.7 Å². The average Bonchev–Trinajstić information content (AvgIpc) is 1.82. The molecule has 0 aliphatic rings. The van der Waals surface area contributed by atoms with E-state index in [0.717, 1.165) is 0 Å². The summed E-state index contributed by atoms with van der Waals surface area (Å²) >= 11 is 11.3. The number of hydrogen-bond acceptors (Lipinski definition) is 1. The molecular weight excluding hydrogens is 230 g/mol. The summed E-state index contributed by atoms with van der Waals surface area (Å²) in [7, 11) is -2.87. The molecule has 0 amide bonds. The molecule has 0 heterocycles. The third-order valence-electron chi connectivity index (χ3n) is 1.17. The number of halogens is 2. The van der Waals surface area contributed by atoms with E-state index in [-0.39, 0.29) is 12.1 Å². The van der Waals surface area contributed by atoms with Crippen LogP contribution >= 0.6 is 30.6 Å². The van der Waals surface area contributed by atoms with Gasteiger partial charge in [-0.3, -0.25) is 14.7 Å². The summed E-state index contributed by atoms with van der Waals surface area (Å²) in [5.41, 5.74) is 0. The van der Waals surface area contributed by atoms with E-state index in [0.29, 0.717) is 0 Å². The first-order chi connectivity index (χ1) is 5.78. The summed E-state index contributed by atoms with van der Waals surface area (Å²) in [4.78, 5) is 0. The van der Waals surface area contributed by atoms with Gasteiger partial charge in [-0.2, -0.15) is 0 Å². The number of hydrogen-bond donors (Lipinski definition) is 2. The van der Waals surface area contributed by atoms with Crippen LogP contribution in [0.15, 0.2) is 0 Å². The van der Waals surface area contributed by atoms with Crippen molar-refractivity contribution in [1.29, 1.82) is 0 Å². The van der Waals surface area contributed by atoms with E-state index in [1.165, 1.54) is 0 Å². The molecule has 0 saturated heterocycles. The van der Waals surface area contributed by atoms with Crippen LogP contribution in [0.5, 0.6) is 0 Å². The highest BCUT2D eigenvalue weighted by Gasteiger charge is 2.30. The highest BCUT2D eigenvalue weighted by molar-refractivity contribution is 7.64. The minimum atomic E-state index is -2.87. The standard InChI is InChI=1S/C7H17Cl2N2OP/c1-5(2)10-13(12,7(8)9)11-6(3)4/h5-7H,1-4H3,(H2,10,11,12). The van der Waals surface area contributed by atoms with Crippen molar-refractivity contribution in [3.8, 4) is 0 Å². The Morgan fingerprint density at radius 2 is 1.31 bits per heavy atom. The Bertz CT molecular complexity index is 183. The van der Waals surface area contributed by atoms with Crippen LogP contribution in [0, 0.1) is 0 Å². The summed E-state index contributed by atoms with van der Waals surface area (Å²) in [6.45, 7) is 7.57.